The second kappa shape index (κ2) is 7.21. The largest absolute Gasteiger partial charge is 0.369 e. The molecule has 0 unspecified atom stereocenters. The second-order valence-corrected chi connectivity index (χ2v) is 8.68. The average molecular weight is 372 g/mol. The molecule has 0 atom stereocenters. The van der Waals surface area contributed by atoms with Crippen LogP contribution in [-0.2, 0) is 10.0 Å². The fourth-order valence-electron chi connectivity index (χ4n) is 3.13. The molecule has 2 aromatic rings. The fourth-order valence-corrected chi connectivity index (χ4v) is 4.64. The first-order valence-corrected chi connectivity index (χ1v) is 10.2. The van der Waals surface area contributed by atoms with Crippen molar-refractivity contribution in [3.8, 4) is 0 Å². The number of piperazine rings is 1. The Labute approximate surface area is 155 Å². The van der Waals surface area contributed by atoms with Crippen molar-refractivity contribution >= 4 is 21.5 Å². The fraction of sp³-hybridized carbons (Fsp3) is 0.350. The summed E-state index contributed by atoms with van der Waals surface area (Å²) in [7, 11) is -3.48. The number of rotatable bonds is 4. The van der Waals surface area contributed by atoms with Gasteiger partial charge in [-0.1, -0.05) is 18.2 Å². The van der Waals surface area contributed by atoms with Gasteiger partial charge < -0.3 is 4.90 Å². The van der Waals surface area contributed by atoms with E-state index in [9.17, 15) is 13.2 Å². The van der Waals surface area contributed by atoms with Gasteiger partial charge in [0.1, 0.15) is 0 Å². The van der Waals surface area contributed by atoms with Gasteiger partial charge in [0.25, 0.3) is 0 Å². The maximum atomic E-state index is 12.9. The van der Waals surface area contributed by atoms with Crippen LogP contribution in [0.2, 0.25) is 0 Å². The van der Waals surface area contributed by atoms with Crippen LogP contribution in [0.25, 0.3) is 0 Å². The van der Waals surface area contributed by atoms with Crippen LogP contribution in [-0.4, -0.2) is 44.7 Å². The number of sulfonamides is 1. The van der Waals surface area contributed by atoms with Crippen LogP contribution in [0.3, 0.4) is 0 Å². The van der Waals surface area contributed by atoms with Gasteiger partial charge >= 0.3 is 0 Å². The molecule has 5 nitrogen and oxygen atoms in total. The minimum Gasteiger partial charge on any atom is -0.369 e. The Morgan fingerprint density at radius 3 is 2.23 bits per heavy atom. The molecule has 3 rings (SSSR count). The molecule has 0 bridgehead atoms. The van der Waals surface area contributed by atoms with Gasteiger partial charge in [-0.2, -0.15) is 4.31 Å². The van der Waals surface area contributed by atoms with E-state index in [0.29, 0.717) is 36.6 Å². The van der Waals surface area contributed by atoms with Crippen LogP contribution in [0, 0.1) is 13.8 Å². The lowest BCUT2D eigenvalue weighted by atomic mass is 10.1. The standard InChI is InChI=1S/C20H24N2O3S/c1-15-7-8-20(13-16(15)2)26(24,25)22-11-9-21(10-12-22)19-6-4-5-18(14-19)17(3)23/h4-8,13-14H,9-12H2,1-3H3. The highest BCUT2D eigenvalue weighted by Crippen LogP contribution is 2.23. The van der Waals surface area contributed by atoms with Crippen molar-refractivity contribution in [1.82, 2.24) is 4.31 Å². The average Bonchev–Trinajstić information content (AvgIpc) is 2.64. The zero-order valence-electron chi connectivity index (χ0n) is 15.4. The number of hydrogen-bond acceptors (Lipinski definition) is 4. The van der Waals surface area contributed by atoms with Crippen molar-refractivity contribution < 1.29 is 13.2 Å². The van der Waals surface area contributed by atoms with Crippen LogP contribution in [0.5, 0.6) is 0 Å². The van der Waals surface area contributed by atoms with E-state index in [1.54, 1.807) is 29.4 Å². The van der Waals surface area contributed by atoms with Gasteiger partial charge in [0.2, 0.25) is 10.0 Å². The number of Topliss-reactive ketones (excluding diaryl/α,β-unsaturated/α-hetero) is 1. The highest BCUT2D eigenvalue weighted by Gasteiger charge is 2.28. The Morgan fingerprint density at radius 2 is 1.62 bits per heavy atom. The highest BCUT2D eigenvalue weighted by atomic mass is 32.2. The number of hydrogen-bond donors (Lipinski definition) is 0. The Hall–Kier alpha value is -2.18. The molecule has 0 N–H and O–H groups in total. The van der Waals surface area contributed by atoms with Gasteiger partial charge in [0.15, 0.2) is 5.78 Å². The van der Waals surface area contributed by atoms with E-state index in [2.05, 4.69) is 4.90 Å². The van der Waals surface area contributed by atoms with E-state index in [4.69, 9.17) is 0 Å². The molecule has 0 amide bonds. The molecule has 1 aliphatic heterocycles. The summed E-state index contributed by atoms with van der Waals surface area (Å²) in [4.78, 5) is 14.0. The van der Waals surface area contributed by atoms with E-state index in [1.165, 1.54) is 0 Å². The maximum absolute atomic E-state index is 12.9. The van der Waals surface area contributed by atoms with Crippen molar-refractivity contribution in [2.75, 3.05) is 31.1 Å². The number of benzene rings is 2. The van der Waals surface area contributed by atoms with Gasteiger partial charge in [0, 0.05) is 37.4 Å². The van der Waals surface area contributed by atoms with Gasteiger partial charge in [0.05, 0.1) is 4.90 Å². The Morgan fingerprint density at radius 1 is 0.923 bits per heavy atom. The number of anilines is 1. The lowest BCUT2D eigenvalue weighted by Crippen LogP contribution is -2.48. The third-order valence-corrected chi connectivity index (χ3v) is 6.87. The predicted octanol–water partition coefficient (Wildman–Crippen LogP) is 3.02. The monoisotopic (exact) mass is 372 g/mol. The third-order valence-electron chi connectivity index (χ3n) is 4.97. The molecule has 1 heterocycles. The molecule has 26 heavy (non-hydrogen) atoms. The lowest BCUT2D eigenvalue weighted by Gasteiger charge is -2.35. The van der Waals surface area contributed by atoms with Crippen molar-refractivity contribution in [1.29, 1.82) is 0 Å². The minimum absolute atomic E-state index is 0.0304. The van der Waals surface area contributed by atoms with E-state index in [1.807, 2.05) is 38.1 Å². The number of carbonyl (C=O) groups excluding carboxylic acids is 1. The molecule has 2 aromatic carbocycles. The second-order valence-electron chi connectivity index (χ2n) is 6.74. The maximum Gasteiger partial charge on any atom is 0.243 e. The van der Waals surface area contributed by atoms with Crippen molar-refractivity contribution in [2.45, 2.75) is 25.7 Å². The van der Waals surface area contributed by atoms with Crippen LogP contribution < -0.4 is 4.90 Å². The van der Waals surface area contributed by atoms with Crippen molar-refractivity contribution in [3.63, 3.8) is 0 Å². The first kappa shape index (κ1) is 18.6. The molecule has 1 aliphatic rings. The van der Waals surface area contributed by atoms with Gasteiger partial charge in [-0.25, -0.2) is 8.42 Å². The number of aryl methyl sites for hydroxylation is 2. The Balaban J connectivity index is 1.74. The molecule has 1 saturated heterocycles. The summed E-state index contributed by atoms with van der Waals surface area (Å²) in [6.45, 7) is 7.51. The van der Waals surface area contributed by atoms with E-state index >= 15 is 0 Å². The molecule has 0 radical (unpaired) electrons. The summed E-state index contributed by atoms with van der Waals surface area (Å²) < 4.78 is 27.3. The summed E-state index contributed by atoms with van der Waals surface area (Å²) >= 11 is 0. The normalized spacial score (nSPS) is 15.9. The van der Waals surface area contributed by atoms with Crippen LogP contribution in [0.1, 0.15) is 28.4 Å². The number of carbonyl (C=O) groups is 1. The first-order chi connectivity index (χ1) is 12.3. The molecule has 6 heteroatoms. The van der Waals surface area contributed by atoms with Gasteiger partial charge in [-0.05, 0) is 56.2 Å². The summed E-state index contributed by atoms with van der Waals surface area (Å²) in [6, 6.07) is 12.8. The van der Waals surface area contributed by atoms with Crippen LogP contribution in [0.15, 0.2) is 47.4 Å². The lowest BCUT2D eigenvalue weighted by molar-refractivity contribution is 0.101. The van der Waals surface area contributed by atoms with Gasteiger partial charge in [-0.3, -0.25) is 4.79 Å². The molecular formula is C20H24N2O3S. The third kappa shape index (κ3) is 3.66. The van der Waals surface area contributed by atoms with Crippen LogP contribution >= 0.6 is 0 Å². The molecule has 0 aromatic heterocycles. The van der Waals surface area contributed by atoms with Crippen molar-refractivity contribution in [3.05, 3.63) is 59.2 Å². The van der Waals surface area contributed by atoms with Crippen molar-refractivity contribution in [2.24, 2.45) is 0 Å². The molecule has 138 valence electrons. The van der Waals surface area contributed by atoms with Crippen LogP contribution in [0.4, 0.5) is 5.69 Å². The molecule has 0 spiro atoms. The first-order valence-electron chi connectivity index (χ1n) is 8.72. The SMILES string of the molecule is CC(=O)c1cccc(N2CCN(S(=O)(=O)c3ccc(C)c(C)c3)CC2)c1. The van der Waals surface area contributed by atoms with Gasteiger partial charge in [-0.15, -0.1) is 0 Å². The topological polar surface area (TPSA) is 57.7 Å². The molecular weight excluding hydrogens is 348 g/mol. The summed E-state index contributed by atoms with van der Waals surface area (Å²) in [5.41, 5.74) is 3.69. The van der Waals surface area contributed by atoms with E-state index in [-0.39, 0.29) is 5.78 Å². The summed E-state index contributed by atoms with van der Waals surface area (Å²) in [5.74, 6) is 0.0304. The number of ketones is 1. The summed E-state index contributed by atoms with van der Waals surface area (Å²) in [6.07, 6.45) is 0. The quantitative estimate of drug-likeness (QED) is 0.774. The zero-order valence-corrected chi connectivity index (χ0v) is 16.2. The Kier molecular flexibility index (Phi) is 5.16. The Bertz CT molecular complexity index is 930. The highest BCUT2D eigenvalue weighted by molar-refractivity contribution is 7.89. The smallest absolute Gasteiger partial charge is 0.243 e. The van der Waals surface area contributed by atoms with E-state index < -0.39 is 10.0 Å². The zero-order chi connectivity index (χ0) is 18.9. The molecule has 0 saturated carbocycles. The van der Waals surface area contributed by atoms with E-state index in [0.717, 1.165) is 16.8 Å². The number of nitrogens with zero attached hydrogens (tertiary/aromatic N) is 2. The molecule has 1 fully saturated rings. The molecule has 0 aliphatic carbocycles. The summed E-state index contributed by atoms with van der Waals surface area (Å²) in [5, 5.41) is 0. The minimum atomic E-state index is -3.48. The predicted molar refractivity (Wildman–Crippen MR) is 103 cm³/mol.